The Balaban J connectivity index is 1.99. The van der Waals surface area contributed by atoms with Crippen LogP contribution in [0.1, 0.15) is 50.7 Å². The molecule has 1 saturated heterocycles. The zero-order valence-corrected chi connectivity index (χ0v) is 19.1. The van der Waals surface area contributed by atoms with Gasteiger partial charge in [-0.3, -0.25) is 0 Å². The maximum atomic E-state index is 10.5. The van der Waals surface area contributed by atoms with Crippen LogP contribution in [-0.2, 0) is 0 Å². The number of aliphatic hydroxyl groups excluding tert-OH is 1. The first-order chi connectivity index (χ1) is 13.4. The van der Waals surface area contributed by atoms with E-state index in [1.807, 2.05) is 13.0 Å². The summed E-state index contributed by atoms with van der Waals surface area (Å²) in [6, 6.07) is 1.93. The fourth-order valence-electron chi connectivity index (χ4n) is 3.65. The molecule has 0 amide bonds. The van der Waals surface area contributed by atoms with Gasteiger partial charge in [-0.2, -0.15) is 0 Å². The number of likely N-dealkylation sites (tertiary alicyclic amines) is 1. The van der Waals surface area contributed by atoms with Crippen LogP contribution in [0.5, 0.6) is 5.75 Å². The van der Waals surface area contributed by atoms with Crippen LogP contribution in [0, 0.1) is 12.8 Å². The Kier molecular flexibility index (Phi) is 9.12. The van der Waals surface area contributed by atoms with Crippen LogP contribution in [0.4, 0.5) is 5.69 Å². The number of rotatable bonds is 10. The van der Waals surface area contributed by atoms with Gasteiger partial charge in [-0.1, -0.05) is 26.8 Å². The third kappa shape index (κ3) is 5.88. The molecule has 0 aliphatic carbocycles. The van der Waals surface area contributed by atoms with Crippen molar-refractivity contribution in [2.24, 2.45) is 5.92 Å². The summed E-state index contributed by atoms with van der Waals surface area (Å²) in [6.07, 6.45) is 4.02. The van der Waals surface area contributed by atoms with Crippen LogP contribution < -0.4 is 15.8 Å². The van der Waals surface area contributed by atoms with E-state index in [1.165, 1.54) is 12.8 Å². The number of hydrogen-bond acceptors (Lipinski definition) is 5. The highest BCUT2D eigenvalue weighted by Crippen LogP contribution is 2.38. The van der Waals surface area contributed by atoms with Crippen molar-refractivity contribution in [3.8, 4) is 5.75 Å². The second-order valence-corrected chi connectivity index (χ2v) is 8.55. The molecule has 1 fully saturated rings. The van der Waals surface area contributed by atoms with Gasteiger partial charge in [-0.25, -0.2) is 0 Å². The van der Waals surface area contributed by atoms with E-state index in [-0.39, 0.29) is 12.0 Å². The standard InChI is InChI=1S/C22H36BrN3O2/c1-5-7-9-26-10-8-17(20(27)14-26)13-25-16(4)18-12-19(24)21(23)22(15(18)3)28-11-6-2/h12,17,20,25,27H,4-11,13-14,24H2,1-3H3/t17-,20+/m0/s1. The summed E-state index contributed by atoms with van der Waals surface area (Å²) in [7, 11) is 0. The van der Waals surface area contributed by atoms with Gasteiger partial charge in [0.2, 0.25) is 0 Å². The van der Waals surface area contributed by atoms with E-state index >= 15 is 0 Å². The van der Waals surface area contributed by atoms with Crippen LogP contribution in [0.2, 0.25) is 0 Å². The molecular formula is C22H36BrN3O2. The van der Waals surface area contributed by atoms with Gasteiger partial charge in [-0.15, -0.1) is 0 Å². The number of nitrogen functional groups attached to an aromatic ring is 1. The fraction of sp³-hybridized carbons (Fsp3) is 0.636. The van der Waals surface area contributed by atoms with E-state index in [9.17, 15) is 5.11 Å². The minimum atomic E-state index is -0.301. The molecule has 0 radical (unpaired) electrons. The normalized spacial score (nSPS) is 20.2. The number of hydrogen-bond donors (Lipinski definition) is 3. The SMILES string of the molecule is C=C(NC[C@@H]1CCN(CCCC)C[C@H]1O)c1cc(N)c(Br)c(OCCC)c1C. The number of halogens is 1. The van der Waals surface area contributed by atoms with E-state index in [0.717, 1.165) is 59.5 Å². The summed E-state index contributed by atoms with van der Waals surface area (Å²) in [4.78, 5) is 2.37. The lowest BCUT2D eigenvalue weighted by Gasteiger charge is -2.36. The Morgan fingerprint density at radius 2 is 2.18 bits per heavy atom. The predicted molar refractivity (Wildman–Crippen MR) is 122 cm³/mol. The molecule has 0 aromatic heterocycles. The second-order valence-electron chi connectivity index (χ2n) is 7.76. The van der Waals surface area contributed by atoms with E-state index in [0.29, 0.717) is 18.8 Å². The molecular weight excluding hydrogens is 418 g/mol. The topological polar surface area (TPSA) is 70.8 Å². The fourth-order valence-corrected chi connectivity index (χ4v) is 4.18. The number of piperidine rings is 1. The molecule has 0 saturated carbocycles. The van der Waals surface area contributed by atoms with Crippen LogP contribution in [-0.4, -0.2) is 48.9 Å². The number of ether oxygens (including phenoxy) is 1. The first-order valence-electron chi connectivity index (χ1n) is 10.4. The van der Waals surface area contributed by atoms with Gasteiger partial charge in [0.05, 0.1) is 22.9 Å². The molecule has 1 aliphatic rings. The minimum Gasteiger partial charge on any atom is -0.492 e. The highest BCUT2D eigenvalue weighted by atomic mass is 79.9. The smallest absolute Gasteiger partial charge is 0.139 e. The predicted octanol–water partition coefficient (Wildman–Crippen LogP) is 4.17. The van der Waals surface area contributed by atoms with Crippen LogP contribution in [0.3, 0.4) is 0 Å². The summed E-state index contributed by atoms with van der Waals surface area (Å²) < 4.78 is 6.70. The summed E-state index contributed by atoms with van der Waals surface area (Å²) in [6.45, 7) is 14.8. The molecule has 0 bridgehead atoms. The molecule has 1 aliphatic heterocycles. The molecule has 28 heavy (non-hydrogen) atoms. The maximum Gasteiger partial charge on any atom is 0.139 e. The van der Waals surface area contributed by atoms with Crippen molar-refractivity contribution in [1.82, 2.24) is 10.2 Å². The lowest BCUT2D eigenvalue weighted by atomic mass is 9.93. The van der Waals surface area contributed by atoms with Crippen LogP contribution >= 0.6 is 15.9 Å². The van der Waals surface area contributed by atoms with Gasteiger partial charge in [0.15, 0.2) is 0 Å². The Bertz CT molecular complexity index is 666. The highest BCUT2D eigenvalue weighted by Gasteiger charge is 2.27. The van der Waals surface area contributed by atoms with Gasteiger partial charge < -0.3 is 25.8 Å². The Labute approximate surface area is 178 Å². The summed E-state index contributed by atoms with van der Waals surface area (Å²) in [5.74, 6) is 1.02. The average Bonchev–Trinajstić information content (AvgIpc) is 2.68. The van der Waals surface area contributed by atoms with Gasteiger partial charge in [0.1, 0.15) is 5.75 Å². The number of nitrogens with two attached hydrogens (primary N) is 1. The minimum absolute atomic E-state index is 0.235. The zero-order chi connectivity index (χ0) is 20.7. The molecule has 1 aromatic rings. The molecule has 1 aromatic carbocycles. The van der Waals surface area contributed by atoms with Crippen molar-refractivity contribution in [3.63, 3.8) is 0 Å². The van der Waals surface area contributed by atoms with Crippen molar-refractivity contribution in [2.75, 3.05) is 38.5 Å². The third-order valence-corrected chi connectivity index (χ3v) is 6.30. The van der Waals surface area contributed by atoms with Gasteiger partial charge in [-0.05, 0) is 61.3 Å². The molecule has 5 nitrogen and oxygen atoms in total. The maximum absolute atomic E-state index is 10.5. The van der Waals surface area contributed by atoms with E-state index in [2.05, 4.69) is 46.6 Å². The van der Waals surface area contributed by atoms with Crippen molar-refractivity contribution in [2.45, 2.75) is 52.6 Å². The van der Waals surface area contributed by atoms with E-state index in [1.54, 1.807) is 0 Å². The van der Waals surface area contributed by atoms with Gasteiger partial charge in [0, 0.05) is 35.8 Å². The molecule has 4 N–H and O–H groups in total. The van der Waals surface area contributed by atoms with Crippen molar-refractivity contribution < 1.29 is 9.84 Å². The monoisotopic (exact) mass is 453 g/mol. The Morgan fingerprint density at radius 3 is 2.82 bits per heavy atom. The number of benzene rings is 1. The van der Waals surface area contributed by atoms with Gasteiger partial charge >= 0.3 is 0 Å². The quantitative estimate of drug-likeness (QED) is 0.463. The molecule has 2 rings (SSSR count). The summed E-state index contributed by atoms with van der Waals surface area (Å²) >= 11 is 3.54. The number of nitrogens with zero attached hydrogens (tertiary/aromatic N) is 1. The zero-order valence-electron chi connectivity index (χ0n) is 17.6. The number of aliphatic hydroxyl groups is 1. The third-order valence-electron chi connectivity index (χ3n) is 5.48. The molecule has 0 unspecified atom stereocenters. The molecule has 0 spiro atoms. The van der Waals surface area contributed by atoms with Crippen molar-refractivity contribution >= 4 is 27.3 Å². The van der Waals surface area contributed by atoms with Gasteiger partial charge in [0.25, 0.3) is 0 Å². The Morgan fingerprint density at radius 1 is 1.43 bits per heavy atom. The summed E-state index contributed by atoms with van der Waals surface area (Å²) in [5.41, 5.74) is 9.61. The molecule has 2 atom stereocenters. The molecule has 1 heterocycles. The van der Waals surface area contributed by atoms with Crippen LogP contribution in [0.15, 0.2) is 17.1 Å². The van der Waals surface area contributed by atoms with E-state index < -0.39 is 0 Å². The number of anilines is 1. The first kappa shape index (κ1) is 23.0. The van der Waals surface area contributed by atoms with Crippen molar-refractivity contribution in [3.05, 3.63) is 28.2 Å². The van der Waals surface area contributed by atoms with Crippen LogP contribution in [0.25, 0.3) is 5.70 Å². The first-order valence-corrected chi connectivity index (χ1v) is 11.2. The average molecular weight is 454 g/mol. The molecule has 158 valence electrons. The Hall–Kier alpha value is -1.24. The summed E-state index contributed by atoms with van der Waals surface area (Å²) in [5, 5.41) is 14.0. The number of nitrogens with one attached hydrogen (secondary N) is 1. The highest BCUT2D eigenvalue weighted by molar-refractivity contribution is 9.10. The molecule has 6 heteroatoms. The lowest BCUT2D eigenvalue weighted by molar-refractivity contribution is 0.0231. The van der Waals surface area contributed by atoms with Crippen molar-refractivity contribution in [1.29, 1.82) is 0 Å². The lowest BCUT2D eigenvalue weighted by Crippen LogP contribution is -2.46. The number of β-amino-alcohol motifs (C(OH)–C–C–N with tert-alkyl or cyclic N) is 1. The van der Waals surface area contributed by atoms with E-state index in [4.69, 9.17) is 10.5 Å². The number of unbranched alkanes of at least 4 members (excludes halogenated alkanes) is 1. The largest absolute Gasteiger partial charge is 0.492 e. The second kappa shape index (κ2) is 11.1.